The van der Waals surface area contributed by atoms with Crippen molar-refractivity contribution in [1.29, 1.82) is 0 Å². The first-order valence-electron chi connectivity index (χ1n) is 4.56. The molecule has 1 rings (SSSR count). The van der Waals surface area contributed by atoms with Crippen LogP contribution < -0.4 is 5.32 Å². The van der Waals surface area contributed by atoms with Crippen molar-refractivity contribution in [2.45, 2.75) is 13.3 Å². The first-order valence-corrected chi connectivity index (χ1v) is 4.56. The third-order valence-electron chi connectivity index (χ3n) is 1.53. The van der Waals surface area contributed by atoms with Crippen LogP contribution in [0, 0.1) is 11.8 Å². The van der Waals surface area contributed by atoms with E-state index in [4.69, 9.17) is 5.11 Å². The predicted octanol–water partition coefficient (Wildman–Crippen LogP) is 0.774. The lowest BCUT2D eigenvalue weighted by molar-refractivity contribution is -0.114. The molecule has 0 bridgehead atoms. The highest BCUT2D eigenvalue weighted by Gasteiger charge is 1.96. The fourth-order valence-electron chi connectivity index (χ4n) is 0.977. The van der Waals surface area contributed by atoms with Crippen LogP contribution in [0.15, 0.2) is 18.3 Å². The summed E-state index contributed by atoms with van der Waals surface area (Å²) in [6.45, 7) is 1.47. The molecule has 0 aromatic carbocycles. The third kappa shape index (κ3) is 4.25. The minimum Gasteiger partial charge on any atom is -0.395 e. The number of amides is 1. The van der Waals surface area contributed by atoms with E-state index in [1.165, 1.54) is 6.92 Å². The standard InChI is InChI=1S/C11H12N2O2/c1-9(15)13-11-8-10(5-6-12-11)4-2-3-7-14/h5-6,8,14H,3,7H2,1H3,(H,12,13,15). The molecule has 0 saturated heterocycles. The van der Waals surface area contributed by atoms with E-state index in [9.17, 15) is 4.79 Å². The Kier molecular flexibility index (Phi) is 4.32. The summed E-state index contributed by atoms with van der Waals surface area (Å²) in [4.78, 5) is 14.7. The number of carbonyl (C=O) groups is 1. The van der Waals surface area contributed by atoms with E-state index in [2.05, 4.69) is 22.1 Å². The monoisotopic (exact) mass is 204 g/mol. The van der Waals surface area contributed by atoms with Crippen molar-refractivity contribution in [3.63, 3.8) is 0 Å². The van der Waals surface area contributed by atoms with Gasteiger partial charge in [0.05, 0.1) is 6.61 Å². The third-order valence-corrected chi connectivity index (χ3v) is 1.53. The molecule has 0 radical (unpaired) electrons. The normalized spacial score (nSPS) is 8.93. The van der Waals surface area contributed by atoms with Crippen LogP contribution in [-0.2, 0) is 4.79 Å². The molecule has 15 heavy (non-hydrogen) atoms. The zero-order valence-electron chi connectivity index (χ0n) is 8.45. The van der Waals surface area contributed by atoms with Crippen molar-refractivity contribution < 1.29 is 9.90 Å². The second-order valence-corrected chi connectivity index (χ2v) is 2.89. The van der Waals surface area contributed by atoms with Gasteiger partial charge in [0.25, 0.3) is 0 Å². The van der Waals surface area contributed by atoms with Crippen molar-refractivity contribution in [2.75, 3.05) is 11.9 Å². The Bertz CT molecular complexity index is 405. The topological polar surface area (TPSA) is 62.2 Å². The van der Waals surface area contributed by atoms with Crippen molar-refractivity contribution in [3.05, 3.63) is 23.9 Å². The van der Waals surface area contributed by atoms with Crippen LogP contribution in [0.5, 0.6) is 0 Å². The van der Waals surface area contributed by atoms with E-state index in [1.54, 1.807) is 18.3 Å². The molecule has 0 atom stereocenters. The van der Waals surface area contributed by atoms with Crippen LogP contribution >= 0.6 is 0 Å². The number of nitrogens with one attached hydrogen (secondary N) is 1. The number of aromatic nitrogens is 1. The predicted molar refractivity (Wildman–Crippen MR) is 57.1 cm³/mol. The van der Waals surface area contributed by atoms with Crippen LogP contribution in [0.2, 0.25) is 0 Å². The van der Waals surface area contributed by atoms with E-state index in [0.717, 1.165) is 5.56 Å². The largest absolute Gasteiger partial charge is 0.395 e. The van der Waals surface area contributed by atoms with Gasteiger partial charge in [0.15, 0.2) is 0 Å². The maximum Gasteiger partial charge on any atom is 0.222 e. The van der Waals surface area contributed by atoms with Crippen molar-refractivity contribution in [2.24, 2.45) is 0 Å². The molecule has 0 spiro atoms. The molecule has 0 aliphatic rings. The number of aliphatic hydroxyl groups excluding tert-OH is 1. The summed E-state index contributed by atoms with van der Waals surface area (Å²) in [6.07, 6.45) is 2.02. The highest BCUT2D eigenvalue weighted by Crippen LogP contribution is 2.05. The first-order chi connectivity index (χ1) is 7.22. The van der Waals surface area contributed by atoms with Crippen molar-refractivity contribution >= 4 is 11.7 Å². The van der Waals surface area contributed by atoms with Gasteiger partial charge in [-0.3, -0.25) is 4.79 Å². The highest BCUT2D eigenvalue weighted by atomic mass is 16.2. The molecule has 0 unspecified atom stereocenters. The number of anilines is 1. The maximum atomic E-state index is 10.8. The average Bonchev–Trinajstić information content (AvgIpc) is 2.18. The van der Waals surface area contributed by atoms with Gasteiger partial charge in [0, 0.05) is 25.1 Å². The minimum absolute atomic E-state index is 0.0522. The molecular formula is C11H12N2O2. The zero-order valence-corrected chi connectivity index (χ0v) is 8.45. The lowest BCUT2D eigenvalue weighted by Crippen LogP contribution is -2.07. The quantitative estimate of drug-likeness (QED) is 0.699. The summed E-state index contributed by atoms with van der Waals surface area (Å²) in [5, 5.41) is 11.1. The number of pyridine rings is 1. The molecule has 4 heteroatoms. The van der Waals surface area contributed by atoms with Gasteiger partial charge in [-0.1, -0.05) is 11.8 Å². The van der Waals surface area contributed by atoms with Crippen LogP contribution in [-0.4, -0.2) is 22.6 Å². The van der Waals surface area contributed by atoms with Gasteiger partial charge >= 0.3 is 0 Å². The summed E-state index contributed by atoms with van der Waals surface area (Å²) in [6, 6.07) is 3.43. The number of hydrogen-bond donors (Lipinski definition) is 2. The van der Waals surface area contributed by atoms with Crippen LogP contribution in [0.25, 0.3) is 0 Å². The van der Waals surface area contributed by atoms with E-state index in [0.29, 0.717) is 12.2 Å². The molecule has 0 fully saturated rings. The molecule has 0 saturated carbocycles. The smallest absolute Gasteiger partial charge is 0.222 e. The molecule has 0 aliphatic carbocycles. The molecule has 4 nitrogen and oxygen atoms in total. The summed E-state index contributed by atoms with van der Waals surface area (Å²) in [7, 11) is 0. The van der Waals surface area contributed by atoms with E-state index >= 15 is 0 Å². The van der Waals surface area contributed by atoms with Gasteiger partial charge in [-0.05, 0) is 12.1 Å². The summed E-state index contributed by atoms with van der Waals surface area (Å²) < 4.78 is 0. The fourth-order valence-corrected chi connectivity index (χ4v) is 0.977. The Morgan fingerprint density at radius 1 is 1.67 bits per heavy atom. The molecule has 0 aliphatic heterocycles. The second kappa shape index (κ2) is 5.78. The van der Waals surface area contributed by atoms with Gasteiger partial charge < -0.3 is 10.4 Å². The summed E-state index contributed by atoms with van der Waals surface area (Å²) in [5.41, 5.74) is 0.766. The zero-order chi connectivity index (χ0) is 11.1. The molecular weight excluding hydrogens is 192 g/mol. The average molecular weight is 204 g/mol. The van der Waals surface area contributed by atoms with E-state index in [-0.39, 0.29) is 12.5 Å². The number of rotatable bonds is 2. The molecule has 1 amide bonds. The summed E-state index contributed by atoms with van der Waals surface area (Å²) >= 11 is 0. The molecule has 2 N–H and O–H groups in total. The Hall–Kier alpha value is -1.86. The van der Waals surface area contributed by atoms with Crippen LogP contribution in [0.3, 0.4) is 0 Å². The number of aliphatic hydroxyl groups is 1. The van der Waals surface area contributed by atoms with Crippen molar-refractivity contribution in [3.8, 4) is 11.8 Å². The minimum atomic E-state index is -0.164. The fraction of sp³-hybridized carbons (Fsp3) is 0.273. The lowest BCUT2D eigenvalue weighted by Gasteiger charge is -1.99. The Morgan fingerprint density at radius 2 is 2.47 bits per heavy atom. The Balaban J connectivity index is 2.75. The molecule has 78 valence electrons. The van der Waals surface area contributed by atoms with Crippen molar-refractivity contribution in [1.82, 2.24) is 4.98 Å². The Morgan fingerprint density at radius 3 is 3.13 bits per heavy atom. The number of carbonyl (C=O) groups excluding carboxylic acids is 1. The second-order valence-electron chi connectivity index (χ2n) is 2.89. The lowest BCUT2D eigenvalue weighted by atomic mass is 10.2. The van der Waals surface area contributed by atoms with Gasteiger partial charge in [-0.2, -0.15) is 0 Å². The molecule has 1 aromatic heterocycles. The maximum absolute atomic E-state index is 10.8. The number of nitrogens with zero attached hydrogens (tertiary/aromatic N) is 1. The number of hydrogen-bond acceptors (Lipinski definition) is 3. The molecule has 1 aromatic rings. The van der Waals surface area contributed by atoms with E-state index < -0.39 is 0 Å². The van der Waals surface area contributed by atoms with Gasteiger partial charge in [-0.15, -0.1) is 0 Å². The highest BCUT2D eigenvalue weighted by molar-refractivity contribution is 5.87. The molecule has 1 heterocycles. The van der Waals surface area contributed by atoms with Gasteiger partial charge in [-0.25, -0.2) is 4.98 Å². The van der Waals surface area contributed by atoms with Crippen LogP contribution in [0.1, 0.15) is 18.9 Å². The van der Waals surface area contributed by atoms with Gasteiger partial charge in [0.2, 0.25) is 5.91 Å². The van der Waals surface area contributed by atoms with E-state index in [1.807, 2.05) is 0 Å². The van der Waals surface area contributed by atoms with Gasteiger partial charge in [0.1, 0.15) is 5.82 Å². The van der Waals surface area contributed by atoms with Crippen LogP contribution in [0.4, 0.5) is 5.82 Å². The summed E-state index contributed by atoms with van der Waals surface area (Å²) in [5.74, 6) is 5.97. The SMILES string of the molecule is CC(=O)Nc1cc(C#CCCO)ccn1. The first kappa shape index (κ1) is 11.2. The Labute approximate surface area is 88.3 Å².